The molecule has 1 fully saturated rings. The third-order valence-electron chi connectivity index (χ3n) is 3.18. The van der Waals surface area contributed by atoms with Gasteiger partial charge in [0.25, 0.3) is 0 Å². The summed E-state index contributed by atoms with van der Waals surface area (Å²) in [5, 5.41) is 3.09. The number of carbonyl (C=O) groups excluding carboxylic acids is 1. The summed E-state index contributed by atoms with van der Waals surface area (Å²) in [7, 11) is 1.33. The van der Waals surface area contributed by atoms with E-state index in [-0.39, 0.29) is 11.8 Å². The van der Waals surface area contributed by atoms with Crippen LogP contribution in [0.2, 0.25) is 0 Å². The van der Waals surface area contributed by atoms with Crippen LogP contribution in [0.25, 0.3) is 0 Å². The minimum atomic E-state index is -0.900. The minimum absolute atomic E-state index is 0.373. The molecule has 1 saturated heterocycles. The number of hydrogen-bond acceptors (Lipinski definition) is 3. The van der Waals surface area contributed by atoms with Gasteiger partial charge in [0.15, 0.2) is 0 Å². The predicted octanol–water partition coefficient (Wildman–Crippen LogP) is 1.99. The molecule has 0 amide bonds. The molecule has 1 N–H and O–H groups in total. The first-order chi connectivity index (χ1) is 8.10. The topological polar surface area (TPSA) is 38.3 Å². The number of benzene rings is 1. The van der Waals surface area contributed by atoms with Crippen molar-refractivity contribution in [1.82, 2.24) is 5.32 Å². The zero-order valence-electron chi connectivity index (χ0n) is 9.43. The Kier molecular flexibility index (Phi) is 3.49. The lowest BCUT2D eigenvalue weighted by atomic mass is 9.79. The second-order valence-electron chi connectivity index (χ2n) is 4.12. The van der Waals surface area contributed by atoms with Crippen LogP contribution in [0, 0.1) is 5.82 Å². The first kappa shape index (κ1) is 12.5. The van der Waals surface area contributed by atoms with Crippen LogP contribution in [0.5, 0.6) is 0 Å². The van der Waals surface area contributed by atoms with Crippen LogP contribution < -0.4 is 5.32 Å². The van der Waals surface area contributed by atoms with Crippen LogP contribution in [-0.4, -0.2) is 26.2 Å². The van der Waals surface area contributed by atoms with Crippen molar-refractivity contribution < 1.29 is 13.9 Å². The maximum Gasteiger partial charge on any atom is 0.317 e. The van der Waals surface area contributed by atoms with Gasteiger partial charge in [-0.15, -0.1) is 0 Å². The maximum absolute atomic E-state index is 13.9. The van der Waals surface area contributed by atoms with E-state index in [1.165, 1.54) is 13.2 Å². The van der Waals surface area contributed by atoms with E-state index in [9.17, 15) is 9.18 Å². The van der Waals surface area contributed by atoms with Gasteiger partial charge in [-0.1, -0.05) is 15.9 Å². The molecule has 0 bridgehead atoms. The molecule has 0 radical (unpaired) electrons. The Bertz CT molecular complexity index is 444. The molecular formula is C12H13BrFNO2. The van der Waals surface area contributed by atoms with Crippen LogP contribution in [0.4, 0.5) is 4.39 Å². The first-order valence-corrected chi connectivity index (χ1v) is 6.14. The lowest BCUT2D eigenvalue weighted by molar-refractivity contribution is -0.147. The molecule has 17 heavy (non-hydrogen) atoms. The van der Waals surface area contributed by atoms with Crippen LogP contribution in [0.3, 0.4) is 0 Å². The number of nitrogens with one attached hydrogen (secondary N) is 1. The van der Waals surface area contributed by atoms with Crippen molar-refractivity contribution in [3.8, 4) is 0 Å². The summed E-state index contributed by atoms with van der Waals surface area (Å²) < 4.78 is 19.5. The Morgan fingerprint density at radius 1 is 1.59 bits per heavy atom. The summed E-state index contributed by atoms with van der Waals surface area (Å²) in [6, 6.07) is 4.63. The molecule has 1 aromatic rings. The molecule has 1 heterocycles. The Morgan fingerprint density at radius 2 is 2.35 bits per heavy atom. The van der Waals surface area contributed by atoms with Crippen LogP contribution >= 0.6 is 15.9 Å². The Labute approximate surface area is 107 Å². The third kappa shape index (κ3) is 2.09. The predicted molar refractivity (Wildman–Crippen MR) is 65.3 cm³/mol. The monoisotopic (exact) mass is 301 g/mol. The summed E-state index contributed by atoms with van der Waals surface area (Å²) in [5.41, 5.74) is -0.508. The summed E-state index contributed by atoms with van der Waals surface area (Å²) >= 11 is 3.30. The van der Waals surface area contributed by atoms with E-state index in [0.29, 0.717) is 25.1 Å². The number of carbonyl (C=O) groups is 1. The lowest BCUT2D eigenvalue weighted by Gasteiger charge is -2.26. The van der Waals surface area contributed by atoms with E-state index in [1.807, 2.05) is 0 Å². The van der Waals surface area contributed by atoms with Crippen LogP contribution in [0.15, 0.2) is 22.7 Å². The lowest BCUT2D eigenvalue weighted by Crippen LogP contribution is -2.39. The van der Waals surface area contributed by atoms with Crippen molar-refractivity contribution >= 4 is 21.9 Å². The summed E-state index contributed by atoms with van der Waals surface area (Å²) in [6.07, 6.45) is 0.549. The van der Waals surface area contributed by atoms with Crippen molar-refractivity contribution in [3.05, 3.63) is 34.1 Å². The molecule has 1 atom stereocenters. The fourth-order valence-electron chi connectivity index (χ4n) is 2.27. The van der Waals surface area contributed by atoms with Gasteiger partial charge in [-0.2, -0.15) is 0 Å². The summed E-state index contributed by atoms with van der Waals surface area (Å²) in [4.78, 5) is 12.0. The fourth-order valence-corrected chi connectivity index (χ4v) is 2.63. The normalized spacial score (nSPS) is 23.7. The van der Waals surface area contributed by atoms with E-state index < -0.39 is 5.41 Å². The van der Waals surface area contributed by atoms with Gasteiger partial charge in [0.05, 0.1) is 7.11 Å². The number of rotatable bonds is 2. The number of esters is 1. The molecule has 2 rings (SSSR count). The highest BCUT2D eigenvalue weighted by Gasteiger charge is 2.45. The van der Waals surface area contributed by atoms with Gasteiger partial charge in [-0.25, -0.2) is 4.39 Å². The average Bonchev–Trinajstić information content (AvgIpc) is 2.81. The third-order valence-corrected chi connectivity index (χ3v) is 3.67. The minimum Gasteiger partial charge on any atom is -0.468 e. The van der Waals surface area contributed by atoms with Gasteiger partial charge in [0.2, 0.25) is 0 Å². The smallest absolute Gasteiger partial charge is 0.317 e. The maximum atomic E-state index is 13.9. The molecule has 1 aromatic carbocycles. The van der Waals surface area contributed by atoms with Crippen molar-refractivity contribution in [2.75, 3.05) is 20.2 Å². The van der Waals surface area contributed by atoms with Gasteiger partial charge < -0.3 is 10.1 Å². The second kappa shape index (κ2) is 4.74. The molecular weight excluding hydrogens is 289 g/mol. The quantitative estimate of drug-likeness (QED) is 0.849. The van der Waals surface area contributed by atoms with Gasteiger partial charge >= 0.3 is 5.97 Å². The van der Waals surface area contributed by atoms with Crippen LogP contribution in [-0.2, 0) is 14.9 Å². The largest absolute Gasteiger partial charge is 0.468 e. The highest BCUT2D eigenvalue weighted by molar-refractivity contribution is 9.10. The van der Waals surface area contributed by atoms with E-state index in [1.54, 1.807) is 12.1 Å². The van der Waals surface area contributed by atoms with Crippen molar-refractivity contribution in [1.29, 1.82) is 0 Å². The molecule has 0 aliphatic carbocycles. The average molecular weight is 302 g/mol. The molecule has 1 aliphatic heterocycles. The Balaban J connectivity index is 2.53. The van der Waals surface area contributed by atoms with Crippen molar-refractivity contribution in [2.24, 2.45) is 0 Å². The Hall–Kier alpha value is -0.940. The number of halogens is 2. The van der Waals surface area contributed by atoms with E-state index in [2.05, 4.69) is 21.2 Å². The van der Waals surface area contributed by atoms with Gasteiger partial charge in [0, 0.05) is 16.6 Å². The standard InChI is InChI=1S/C12H13BrFNO2/c1-17-11(16)12(4-5-15-7-12)9-6-8(13)2-3-10(9)14/h2-3,6,15H,4-5,7H2,1H3. The number of ether oxygens (including phenoxy) is 1. The highest BCUT2D eigenvalue weighted by atomic mass is 79.9. The van der Waals surface area contributed by atoms with E-state index in [4.69, 9.17) is 4.74 Å². The molecule has 92 valence electrons. The molecule has 0 spiro atoms. The molecule has 5 heteroatoms. The Morgan fingerprint density at radius 3 is 2.94 bits per heavy atom. The molecule has 0 saturated carbocycles. The van der Waals surface area contributed by atoms with Gasteiger partial charge in [-0.05, 0) is 31.2 Å². The highest BCUT2D eigenvalue weighted by Crippen LogP contribution is 2.35. The summed E-state index contributed by atoms with van der Waals surface area (Å²) in [6.45, 7) is 1.09. The molecule has 1 aliphatic rings. The molecule has 0 aromatic heterocycles. The number of hydrogen-bond donors (Lipinski definition) is 1. The second-order valence-corrected chi connectivity index (χ2v) is 5.04. The molecule has 1 unspecified atom stereocenters. The molecule has 3 nitrogen and oxygen atoms in total. The zero-order valence-corrected chi connectivity index (χ0v) is 11.0. The SMILES string of the molecule is COC(=O)C1(c2cc(Br)ccc2F)CCNC1. The fraction of sp³-hybridized carbons (Fsp3) is 0.417. The van der Waals surface area contributed by atoms with Crippen molar-refractivity contribution in [2.45, 2.75) is 11.8 Å². The van der Waals surface area contributed by atoms with Gasteiger partial charge in [-0.3, -0.25) is 4.79 Å². The first-order valence-electron chi connectivity index (χ1n) is 5.35. The van der Waals surface area contributed by atoms with Crippen LogP contribution in [0.1, 0.15) is 12.0 Å². The van der Waals surface area contributed by atoms with E-state index in [0.717, 1.165) is 4.47 Å². The van der Waals surface area contributed by atoms with E-state index >= 15 is 0 Å². The number of methoxy groups -OCH3 is 1. The van der Waals surface area contributed by atoms with Gasteiger partial charge in [0.1, 0.15) is 11.2 Å². The summed E-state index contributed by atoms with van der Waals surface area (Å²) in [5.74, 6) is -0.762. The van der Waals surface area contributed by atoms with Crippen molar-refractivity contribution in [3.63, 3.8) is 0 Å². The zero-order chi connectivity index (χ0) is 12.5.